The molecular weight excluding hydrogens is 374 g/mol. The topological polar surface area (TPSA) is 93.6 Å². The third kappa shape index (κ3) is 2.09. The molecule has 5 heterocycles. The molecule has 1 fully saturated rings. The van der Waals surface area contributed by atoms with Gasteiger partial charge in [0.05, 0.1) is 31.3 Å². The van der Waals surface area contributed by atoms with Crippen molar-refractivity contribution in [3.05, 3.63) is 29.7 Å². The lowest BCUT2D eigenvalue weighted by molar-refractivity contribution is -0.908. The van der Waals surface area contributed by atoms with Crippen LogP contribution in [0.3, 0.4) is 0 Å². The molecule has 0 aliphatic carbocycles. The predicted octanol–water partition coefficient (Wildman–Crippen LogP) is 1.89. The number of aliphatic imine (C=N–C) groups is 1. The number of rotatable bonds is 4. The minimum Gasteiger partial charge on any atom is -0.351 e. The maximum absolute atomic E-state index is 4.92. The van der Waals surface area contributed by atoms with Crippen LogP contribution in [0.5, 0.6) is 0 Å². The van der Waals surface area contributed by atoms with Crippen molar-refractivity contribution in [2.24, 2.45) is 16.0 Å². The van der Waals surface area contributed by atoms with Crippen molar-refractivity contribution in [3.63, 3.8) is 0 Å². The Morgan fingerprint density at radius 1 is 1.43 bits per heavy atom. The Labute approximate surface area is 167 Å². The van der Waals surface area contributed by atoms with Gasteiger partial charge in [-0.05, 0) is 6.92 Å². The normalized spacial score (nSPS) is 30.6. The molecule has 0 bridgehead atoms. The van der Waals surface area contributed by atoms with Gasteiger partial charge < -0.3 is 10.2 Å². The number of H-pyrrole nitrogens is 1. The van der Waals surface area contributed by atoms with Gasteiger partial charge in [0.2, 0.25) is 6.34 Å². The van der Waals surface area contributed by atoms with E-state index >= 15 is 0 Å². The van der Waals surface area contributed by atoms with Gasteiger partial charge >= 0.3 is 5.79 Å². The highest BCUT2D eigenvalue weighted by molar-refractivity contribution is 7.13. The van der Waals surface area contributed by atoms with Crippen molar-refractivity contribution in [2.45, 2.75) is 32.6 Å². The zero-order valence-corrected chi connectivity index (χ0v) is 16.9. The molecule has 2 aromatic rings. The maximum Gasteiger partial charge on any atom is 0.337 e. The highest BCUT2D eigenvalue weighted by Gasteiger charge is 2.66. The average molecular weight is 399 g/mol. The number of aromatic amines is 1. The molecule has 2 unspecified atom stereocenters. The van der Waals surface area contributed by atoms with Gasteiger partial charge in [-0.2, -0.15) is 10.1 Å². The molecule has 0 aromatic carbocycles. The van der Waals surface area contributed by atoms with Crippen molar-refractivity contribution in [2.75, 3.05) is 18.0 Å². The molecule has 3 aliphatic rings. The van der Waals surface area contributed by atoms with Gasteiger partial charge in [-0.1, -0.05) is 13.8 Å². The summed E-state index contributed by atoms with van der Waals surface area (Å²) in [5.41, 5.74) is 6.32. The Morgan fingerprint density at radius 2 is 2.32 bits per heavy atom. The van der Waals surface area contributed by atoms with Crippen LogP contribution < -0.4 is 15.6 Å². The maximum atomic E-state index is 4.92. The van der Waals surface area contributed by atoms with Crippen molar-refractivity contribution >= 4 is 29.7 Å². The Morgan fingerprint density at radius 3 is 3.07 bits per heavy atom. The van der Waals surface area contributed by atoms with E-state index in [1.54, 1.807) is 17.7 Å². The molecule has 5 rings (SSSR count). The highest BCUT2D eigenvalue weighted by atomic mass is 32.1. The van der Waals surface area contributed by atoms with Crippen LogP contribution in [0.15, 0.2) is 39.8 Å². The van der Waals surface area contributed by atoms with Gasteiger partial charge in [0.15, 0.2) is 0 Å². The van der Waals surface area contributed by atoms with Crippen LogP contribution in [-0.4, -0.2) is 57.3 Å². The summed E-state index contributed by atoms with van der Waals surface area (Å²) in [7, 11) is 0. The van der Waals surface area contributed by atoms with E-state index in [0.29, 0.717) is 16.4 Å². The van der Waals surface area contributed by atoms with Gasteiger partial charge in [0, 0.05) is 23.7 Å². The molecule has 10 heteroatoms. The lowest BCUT2D eigenvalue weighted by atomic mass is 9.91. The van der Waals surface area contributed by atoms with Gasteiger partial charge in [0.25, 0.3) is 0 Å². The third-order valence-corrected chi connectivity index (χ3v) is 6.88. The van der Waals surface area contributed by atoms with Crippen molar-refractivity contribution in [1.29, 1.82) is 0 Å². The van der Waals surface area contributed by atoms with E-state index in [9.17, 15) is 0 Å². The largest absolute Gasteiger partial charge is 0.351 e. The van der Waals surface area contributed by atoms with Crippen LogP contribution in [0.2, 0.25) is 0 Å². The first-order valence-corrected chi connectivity index (χ1v) is 10.4. The van der Waals surface area contributed by atoms with Gasteiger partial charge in [-0.15, -0.1) is 16.4 Å². The molecule has 146 valence electrons. The molecule has 1 saturated heterocycles. The molecule has 0 radical (unpaired) electrons. The van der Waals surface area contributed by atoms with Crippen LogP contribution >= 0.6 is 11.3 Å². The van der Waals surface area contributed by atoms with E-state index in [1.165, 1.54) is 0 Å². The minimum absolute atomic E-state index is 0.301. The second kappa shape index (κ2) is 6.14. The summed E-state index contributed by atoms with van der Waals surface area (Å²) in [5, 5.41) is 18.1. The fourth-order valence-corrected chi connectivity index (χ4v) is 5.39. The van der Waals surface area contributed by atoms with Crippen LogP contribution in [0.4, 0.5) is 5.69 Å². The van der Waals surface area contributed by atoms with E-state index in [0.717, 1.165) is 35.2 Å². The van der Waals surface area contributed by atoms with E-state index in [4.69, 9.17) is 4.99 Å². The van der Waals surface area contributed by atoms with Gasteiger partial charge in [0.1, 0.15) is 22.4 Å². The van der Waals surface area contributed by atoms with E-state index in [2.05, 4.69) is 56.7 Å². The number of hydrogen-bond acceptors (Lipinski definition) is 8. The summed E-state index contributed by atoms with van der Waals surface area (Å²) in [6.07, 6.45) is 9.51. The zero-order valence-electron chi connectivity index (χ0n) is 16.1. The first kappa shape index (κ1) is 17.4. The van der Waals surface area contributed by atoms with Crippen LogP contribution in [0, 0.1) is 5.92 Å². The second-order valence-electron chi connectivity index (χ2n) is 7.62. The summed E-state index contributed by atoms with van der Waals surface area (Å²) in [6.45, 7) is 8.48. The van der Waals surface area contributed by atoms with E-state index < -0.39 is 5.79 Å². The lowest BCUT2D eigenvalue weighted by Gasteiger charge is -2.56. The number of nitrogens with zero attached hydrogens (tertiary/aromatic N) is 6. The Hall–Kier alpha value is -2.72. The first-order chi connectivity index (χ1) is 13.6. The van der Waals surface area contributed by atoms with Crippen molar-refractivity contribution in [3.8, 4) is 10.7 Å². The predicted molar refractivity (Wildman–Crippen MR) is 111 cm³/mol. The van der Waals surface area contributed by atoms with Crippen molar-refractivity contribution < 1.29 is 4.48 Å². The number of quaternary nitrogens is 1. The summed E-state index contributed by atoms with van der Waals surface area (Å²) in [6, 6.07) is 0.301. The van der Waals surface area contributed by atoms with Crippen LogP contribution in [0.1, 0.15) is 20.8 Å². The molecule has 1 spiro atoms. The van der Waals surface area contributed by atoms with Gasteiger partial charge in [-0.3, -0.25) is 5.10 Å². The standard InChI is InChI=1S/C18H24N9S/c1-4-27-11-23-25-18(27)15(8-19-10-21-18)26(9-14(27)12(2)3)13-7-22-24-16(13)17-20-5-6-28-17/h5-8,10-12,14,25H,4,9H2,1-3H3,(H,19,21)(H,22,24)/q+1/t14?,18?,27-/m0/s1. The van der Waals surface area contributed by atoms with Crippen molar-refractivity contribution in [1.82, 2.24) is 25.9 Å². The molecule has 0 saturated carbocycles. The molecule has 3 aliphatic heterocycles. The number of anilines is 1. The Kier molecular flexibility index (Phi) is 3.81. The Balaban J connectivity index is 1.68. The third-order valence-electron chi connectivity index (χ3n) is 6.09. The molecule has 0 amide bonds. The summed E-state index contributed by atoms with van der Waals surface area (Å²) >= 11 is 1.60. The number of hydrazone groups is 1. The number of hydrogen-bond donors (Lipinski definition) is 3. The second-order valence-corrected chi connectivity index (χ2v) is 8.51. The average Bonchev–Trinajstić information content (AvgIpc) is 3.44. The SMILES string of the molecule is CC[N@@+]12C=NNC13N=CNC=C3N(c1cn[nH]c1-c1nccs1)CC2C(C)C. The first-order valence-electron chi connectivity index (χ1n) is 9.53. The smallest absolute Gasteiger partial charge is 0.337 e. The molecule has 28 heavy (non-hydrogen) atoms. The molecule has 2 aromatic heterocycles. The van der Waals surface area contributed by atoms with E-state index in [-0.39, 0.29) is 0 Å². The molecule has 3 atom stereocenters. The van der Waals surface area contributed by atoms with Crippen LogP contribution in [0.25, 0.3) is 10.7 Å². The zero-order chi connectivity index (χ0) is 19.4. The fraction of sp³-hybridized carbons (Fsp3) is 0.444. The summed E-state index contributed by atoms with van der Waals surface area (Å²) in [5.74, 6) is -0.238. The van der Waals surface area contributed by atoms with Gasteiger partial charge in [-0.25, -0.2) is 14.9 Å². The molecular formula is C18H24N9S+. The summed E-state index contributed by atoms with van der Waals surface area (Å²) < 4.78 is 0.662. The summed E-state index contributed by atoms with van der Waals surface area (Å²) in [4.78, 5) is 11.7. The number of nitrogens with one attached hydrogen (secondary N) is 3. The quantitative estimate of drug-likeness (QED) is 0.684. The number of thiazole rings is 1. The number of likely N-dealkylation sites (N-methyl/N-ethyl adjacent to an activating group) is 1. The van der Waals surface area contributed by atoms with E-state index in [1.807, 2.05) is 30.3 Å². The number of piperazine rings is 1. The molecule has 9 nitrogen and oxygen atoms in total. The Bertz CT molecular complexity index is 960. The fourth-order valence-electron chi connectivity index (χ4n) is 4.75. The highest BCUT2D eigenvalue weighted by Crippen LogP contribution is 2.47. The molecule has 3 N–H and O–H groups in total. The minimum atomic E-state index is -0.676. The monoisotopic (exact) mass is 398 g/mol. The number of aromatic nitrogens is 3. The van der Waals surface area contributed by atoms with Crippen LogP contribution in [-0.2, 0) is 0 Å². The lowest BCUT2D eigenvalue weighted by Crippen LogP contribution is -2.78.